The fourth-order valence-corrected chi connectivity index (χ4v) is 2.38. The number of nitrogens with zero attached hydrogens (tertiary/aromatic N) is 3. The molecular formula is C18H29N5O. The van der Waals surface area contributed by atoms with Gasteiger partial charge in [0.15, 0.2) is 0 Å². The summed E-state index contributed by atoms with van der Waals surface area (Å²) in [6.07, 6.45) is 2.11. The molecule has 0 aliphatic rings. The second-order valence-electron chi connectivity index (χ2n) is 6.90. The Hall–Kier alpha value is -2.08. The van der Waals surface area contributed by atoms with Crippen LogP contribution in [0, 0.1) is 6.92 Å². The number of hydrogen-bond acceptors (Lipinski definition) is 5. The molecule has 0 saturated heterocycles. The molecular weight excluding hydrogens is 302 g/mol. The normalized spacial score (nSPS) is 11.5. The molecule has 2 heterocycles. The van der Waals surface area contributed by atoms with Crippen molar-refractivity contribution in [3.05, 3.63) is 30.0 Å². The Balaban J connectivity index is 2.02. The van der Waals surface area contributed by atoms with Gasteiger partial charge in [-0.3, -0.25) is 0 Å². The molecule has 6 heteroatoms. The molecule has 6 nitrogen and oxygen atoms in total. The van der Waals surface area contributed by atoms with E-state index in [-0.39, 0.29) is 5.54 Å². The monoisotopic (exact) mass is 331 g/mol. The van der Waals surface area contributed by atoms with E-state index in [0.29, 0.717) is 12.5 Å². The first-order valence-corrected chi connectivity index (χ1v) is 8.49. The van der Waals surface area contributed by atoms with Crippen LogP contribution in [-0.4, -0.2) is 35.0 Å². The number of anilines is 2. The summed E-state index contributed by atoms with van der Waals surface area (Å²) in [6, 6.07) is 7.79. The minimum Gasteiger partial charge on any atom is -0.478 e. The number of nitrogens with one attached hydrogen (secondary N) is 2. The van der Waals surface area contributed by atoms with Crippen LogP contribution in [0.1, 0.15) is 39.3 Å². The molecule has 2 rings (SSSR count). The summed E-state index contributed by atoms with van der Waals surface area (Å²) in [5.41, 5.74) is 0.877. The van der Waals surface area contributed by atoms with E-state index in [9.17, 15) is 0 Å². The molecule has 0 spiro atoms. The summed E-state index contributed by atoms with van der Waals surface area (Å²) in [7, 11) is 1.96. The minimum atomic E-state index is -0.0992. The molecule has 0 aromatic carbocycles. The second kappa shape index (κ2) is 8.15. The third kappa shape index (κ3) is 5.23. The summed E-state index contributed by atoms with van der Waals surface area (Å²) in [6.45, 7) is 10.1. The highest BCUT2D eigenvalue weighted by Gasteiger charge is 2.19. The van der Waals surface area contributed by atoms with Gasteiger partial charge in [-0.05, 0) is 60.2 Å². The van der Waals surface area contributed by atoms with E-state index in [0.717, 1.165) is 36.7 Å². The summed E-state index contributed by atoms with van der Waals surface area (Å²) in [5, 5.41) is 11.1. The molecule has 0 radical (unpaired) electrons. The zero-order valence-electron chi connectivity index (χ0n) is 15.4. The Morgan fingerprint density at radius 3 is 2.71 bits per heavy atom. The minimum absolute atomic E-state index is 0.0992. The number of unbranched alkanes of at least 4 members (excludes halogenated alkanes) is 1. The molecule has 132 valence electrons. The number of ether oxygens (including phenoxy) is 1. The first-order valence-electron chi connectivity index (χ1n) is 8.49. The highest BCUT2D eigenvalue weighted by Crippen LogP contribution is 2.24. The molecule has 0 aliphatic carbocycles. The van der Waals surface area contributed by atoms with Crippen LogP contribution in [0.25, 0.3) is 0 Å². The van der Waals surface area contributed by atoms with Gasteiger partial charge < -0.3 is 15.4 Å². The van der Waals surface area contributed by atoms with Crippen LogP contribution in [0.5, 0.6) is 5.88 Å². The van der Waals surface area contributed by atoms with E-state index >= 15 is 0 Å². The van der Waals surface area contributed by atoms with Crippen molar-refractivity contribution in [1.82, 2.24) is 20.1 Å². The third-order valence-corrected chi connectivity index (χ3v) is 3.52. The van der Waals surface area contributed by atoms with Crippen LogP contribution in [0.4, 0.5) is 11.6 Å². The van der Waals surface area contributed by atoms with Gasteiger partial charge in [0.25, 0.3) is 0 Å². The zero-order valence-corrected chi connectivity index (χ0v) is 15.4. The van der Waals surface area contributed by atoms with Gasteiger partial charge in [0.2, 0.25) is 5.88 Å². The SMILES string of the molecule is CNCCCCOc1cccc(Nc2cc(C)nn2C(C)(C)C)n1. The van der Waals surface area contributed by atoms with Crippen molar-refractivity contribution < 1.29 is 4.74 Å². The van der Waals surface area contributed by atoms with Gasteiger partial charge in [-0.15, -0.1) is 0 Å². The lowest BCUT2D eigenvalue weighted by molar-refractivity contribution is 0.295. The van der Waals surface area contributed by atoms with Crippen molar-refractivity contribution in [3.63, 3.8) is 0 Å². The van der Waals surface area contributed by atoms with E-state index in [4.69, 9.17) is 4.74 Å². The van der Waals surface area contributed by atoms with E-state index in [2.05, 4.69) is 41.5 Å². The van der Waals surface area contributed by atoms with Crippen LogP contribution in [0.2, 0.25) is 0 Å². The Morgan fingerprint density at radius 1 is 1.21 bits per heavy atom. The molecule has 0 atom stereocenters. The van der Waals surface area contributed by atoms with Gasteiger partial charge in [0, 0.05) is 12.1 Å². The maximum absolute atomic E-state index is 5.73. The lowest BCUT2D eigenvalue weighted by Gasteiger charge is -2.22. The Labute approximate surface area is 144 Å². The van der Waals surface area contributed by atoms with Gasteiger partial charge in [0.1, 0.15) is 11.6 Å². The first kappa shape index (κ1) is 18.3. The largest absolute Gasteiger partial charge is 0.478 e. The first-order chi connectivity index (χ1) is 11.4. The molecule has 0 fully saturated rings. The van der Waals surface area contributed by atoms with E-state index in [1.807, 2.05) is 42.9 Å². The topological polar surface area (TPSA) is 64.0 Å². The van der Waals surface area contributed by atoms with E-state index in [1.54, 1.807) is 0 Å². The van der Waals surface area contributed by atoms with Gasteiger partial charge in [-0.1, -0.05) is 6.07 Å². The second-order valence-corrected chi connectivity index (χ2v) is 6.90. The smallest absolute Gasteiger partial charge is 0.215 e. The molecule has 0 saturated carbocycles. The fraction of sp³-hybridized carbons (Fsp3) is 0.556. The van der Waals surface area contributed by atoms with Crippen molar-refractivity contribution in [2.75, 3.05) is 25.5 Å². The van der Waals surface area contributed by atoms with E-state index in [1.165, 1.54) is 0 Å². The van der Waals surface area contributed by atoms with Crippen LogP contribution >= 0.6 is 0 Å². The van der Waals surface area contributed by atoms with Crippen molar-refractivity contribution in [2.45, 2.75) is 46.1 Å². The predicted octanol–water partition coefficient (Wildman–Crippen LogP) is 3.46. The van der Waals surface area contributed by atoms with Crippen molar-refractivity contribution in [2.24, 2.45) is 0 Å². The van der Waals surface area contributed by atoms with Gasteiger partial charge in [0.05, 0.1) is 17.8 Å². The standard InChI is InChI=1S/C18H29N5O/c1-14-13-16(23(22-14)18(2,3)4)20-15-9-8-10-17(21-15)24-12-7-6-11-19-5/h8-10,13,19H,6-7,11-12H2,1-5H3,(H,20,21). The van der Waals surface area contributed by atoms with Crippen LogP contribution < -0.4 is 15.4 Å². The van der Waals surface area contributed by atoms with Crippen LogP contribution in [0.15, 0.2) is 24.3 Å². The number of aryl methyl sites for hydroxylation is 1. The average Bonchev–Trinajstić information content (AvgIpc) is 2.88. The Kier molecular flexibility index (Phi) is 6.20. The molecule has 0 aliphatic heterocycles. The third-order valence-electron chi connectivity index (χ3n) is 3.52. The molecule has 2 aromatic heterocycles. The van der Waals surface area contributed by atoms with Crippen molar-refractivity contribution in [1.29, 1.82) is 0 Å². The fourth-order valence-electron chi connectivity index (χ4n) is 2.38. The number of pyridine rings is 1. The number of hydrogen-bond donors (Lipinski definition) is 2. The highest BCUT2D eigenvalue weighted by atomic mass is 16.5. The number of aromatic nitrogens is 3. The van der Waals surface area contributed by atoms with Gasteiger partial charge in [-0.2, -0.15) is 10.1 Å². The van der Waals surface area contributed by atoms with Gasteiger partial charge in [-0.25, -0.2) is 4.68 Å². The summed E-state index contributed by atoms with van der Waals surface area (Å²) in [4.78, 5) is 4.53. The molecule has 0 unspecified atom stereocenters. The lowest BCUT2D eigenvalue weighted by Crippen LogP contribution is -2.24. The quantitative estimate of drug-likeness (QED) is 0.725. The average molecular weight is 331 g/mol. The van der Waals surface area contributed by atoms with E-state index < -0.39 is 0 Å². The van der Waals surface area contributed by atoms with Crippen molar-refractivity contribution >= 4 is 11.6 Å². The Morgan fingerprint density at radius 2 is 2.00 bits per heavy atom. The summed E-state index contributed by atoms with van der Waals surface area (Å²) in [5.74, 6) is 2.33. The molecule has 24 heavy (non-hydrogen) atoms. The van der Waals surface area contributed by atoms with Crippen molar-refractivity contribution in [3.8, 4) is 5.88 Å². The molecule has 2 N–H and O–H groups in total. The molecule has 0 bridgehead atoms. The molecule has 2 aromatic rings. The maximum Gasteiger partial charge on any atom is 0.215 e. The molecule has 0 amide bonds. The van der Waals surface area contributed by atoms with Crippen LogP contribution in [0.3, 0.4) is 0 Å². The number of rotatable bonds is 8. The highest BCUT2D eigenvalue weighted by molar-refractivity contribution is 5.53. The lowest BCUT2D eigenvalue weighted by atomic mass is 10.1. The predicted molar refractivity (Wildman–Crippen MR) is 98.1 cm³/mol. The Bertz CT molecular complexity index is 645. The van der Waals surface area contributed by atoms with Crippen LogP contribution in [-0.2, 0) is 5.54 Å². The summed E-state index contributed by atoms with van der Waals surface area (Å²) >= 11 is 0. The summed E-state index contributed by atoms with van der Waals surface area (Å²) < 4.78 is 7.71. The zero-order chi connectivity index (χ0) is 17.6. The van der Waals surface area contributed by atoms with Gasteiger partial charge >= 0.3 is 0 Å². The maximum atomic E-state index is 5.73.